The third kappa shape index (κ3) is 1.96. The lowest BCUT2D eigenvalue weighted by molar-refractivity contribution is 1.45. The lowest BCUT2D eigenvalue weighted by Crippen LogP contribution is -1.80. The van der Waals surface area contributed by atoms with Gasteiger partial charge in [0.1, 0.15) is 17.7 Å². The first kappa shape index (κ1) is 9.51. The molecule has 0 bridgehead atoms. The van der Waals surface area contributed by atoms with Gasteiger partial charge in [-0.25, -0.2) is 0 Å². The van der Waals surface area contributed by atoms with Gasteiger partial charge in [0.25, 0.3) is 0 Å². The smallest absolute Gasteiger partial charge is 0.133 e. The van der Waals surface area contributed by atoms with Crippen LogP contribution in [0.25, 0.3) is 5.57 Å². The quantitative estimate of drug-likeness (QED) is 0.636. The molecule has 0 spiro atoms. The van der Waals surface area contributed by atoms with Crippen molar-refractivity contribution in [3.8, 4) is 12.1 Å². The van der Waals surface area contributed by atoms with Gasteiger partial charge in [-0.1, -0.05) is 0 Å². The van der Waals surface area contributed by atoms with E-state index in [1.54, 1.807) is 18.3 Å². The highest BCUT2D eigenvalue weighted by atomic mass is 32.1. The fourth-order valence-corrected chi connectivity index (χ4v) is 1.73. The molecule has 0 aliphatic rings. The Bertz CT molecular complexity index is 411. The Kier molecular flexibility index (Phi) is 2.84. The molecule has 3 heteroatoms. The molecule has 0 atom stereocenters. The van der Waals surface area contributed by atoms with Crippen molar-refractivity contribution in [1.29, 1.82) is 10.5 Å². The van der Waals surface area contributed by atoms with Crippen molar-refractivity contribution in [3.63, 3.8) is 0 Å². The first-order valence-electron chi connectivity index (χ1n) is 3.75. The summed E-state index contributed by atoms with van der Waals surface area (Å²) in [5, 5.41) is 19.2. The Morgan fingerprint density at radius 3 is 2.38 bits per heavy atom. The van der Waals surface area contributed by atoms with Crippen LogP contribution in [0.2, 0.25) is 0 Å². The average molecular weight is 188 g/mol. The van der Waals surface area contributed by atoms with Crippen LogP contribution in [0, 0.1) is 29.6 Å². The first-order chi connectivity index (χ1) is 6.19. The van der Waals surface area contributed by atoms with E-state index in [1.165, 1.54) is 4.88 Å². The fourth-order valence-electron chi connectivity index (χ4n) is 0.977. The van der Waals surface area contributed by atoms with E-state index in [0.717, 1.165) is 11.1 Å². The minimum atomic E-state index is 0.192. The van der Waals surface area contributed by atoms with E-state index in [2.05, 4.69) is 0 Å². The molecule has 0 amide bonds. The van der Waals surface area contributed by atoms with Crippen LogP contribution in [0.4, 0.5) is 0 Å². The monoisotopic (exact) mass is 188 g/mol. The summed E-state index contributed by atoms with van der Waals surface area (Å²) in [6.07, 6.45) is 0. The van der Waals surface area contributed by atoms with Gasteiger partial charge in [0, 0.05) is 4.88 Å². The summed E-state index contributed by atoms with van der Waals surface area (Å²) in [5.41, 5.74) is 1.92. The van der Waals surface area contributed by atoms with Gasteiger partial charge in [-0.2, -0.15) is 10.5 Å². The molecule has 0 aliphatic carbocycles. The third-order valence-corrected chi connectivity index (χ3v) is 2.62. The van der Waals surface area contributed by atoms with E-state index in [0.29, 0.717) is 0 Å². The normalized spacial score (nSPS) is 8.62. The SMILES string of the molecule is CC(=C(C#N)C#N)c1csc(C)c1. The predicted octanol–water partition coefficient (Wildman–Crippen LogP) is 2.88. The standard InChI is InChI=1S/C10H8N2S/c1-7-3-9(6-13-7)8(2)10(4-11)5-12/h3,6H,1-2H3. The zero-order valence-electron chi connectivity index (χ0n) is 7.46. The van der Waals surface area contributed by atoms with Crippen molar-refractivity contribution in [1.82, 2.24) is 0 Å². The van der Waals surface area contributed by atoms with E-state index < -0.39 is 0 Å². The van der Waals surface area contributed by atoms with Crippen LogP contribution in [-0.4, -0.2) is 0 Å². The maximum absolute atomic E-state index is 8.64. The van der Waals surface area contributed by atoms with Crippen LogP contribution in [0.3, 0.4) is 0 Å². The van der Waals surface area contributed by atoms with Crippen LogP contribution < -0.4 is 0 Å². The second-order valence-electron chi connectivity index (χ2n) is 2.67. The second-order valence-corrected chi connectivity index (χ2v) is 3.78. The molecule has 1 heterocycles. The largest absolute Gasteiger partial charge is 0.192 e. The zero-order valence-corrected chi connectivity index (χ0v) is 8.27. The topological polar surface area (TPSA) is 47.6 Å². The van der Waals surface area contributed by atoms with Gasteiger partial charge in [-0.15, -0.1) is 11.3 Å². The number of aryl methyl sites for hydroxylation is 1. The molecular weight excluding hydrogens is 180 g/mol. The Hall–Kier alpha value is -1.58. The number of nitriles is 2. The van der Waals surface area contributed by atoms with E-state index >= 15 is 0 Å². The number of thiophene rings is 1. The maximum atomic E-state index is 8.64. The molecule has 0 saturated carbocycles. The highest BCUT2D eigenvalue weighted by Crippen LogP contribution is 2.23. The lowest BCUT2D eigenvalue weighted by Gasteiger charge is -1.94. The predicted molar refractivity (Wildman–Crippen MR) is 52.9 cm³/mol. The van der Waals surface area contributed by atoms with Gasteiger partial charge in [0.2, 0.25) is 0 Å². The third-order valence-electron chi connectivity index (χ3n) is 1.76. The van der Waals surface area contributed by atoms with Crippen molar-refractivity contribution >= 4 is 16.9 Å². The van der Waals surface area contributed by atoms with Gasteiger partial charge in [-0.3, -0.25) is 0 Å². The van der Waals surface area contributed by atoms with Gasteiger partial charge >= 0.3 is 0 Å². The summed E-state index contributed by atoms with van der Waals surface area (Å²) < 4.78 is 0. The lowest BCUT2D eigenvalue weighted by atomic mass is 10.1. The molecular formula is C10H8N2S. The van der Waals surface area contributed by atoms with E-state index in [4.69, 9.17) is 10.5 Å². The Morgan fingerprint density at radius 1 is 1.38 bits per heavy atom. The molecule has 0 aromatic carbocycles. The van der Waals surface area contributed by atoms with Gasteiger partial charge in [0.15, 0.2) is 0 Å². The van der Waals surface area contributed by atoms with Gasteiger partial charge in [-0.05, 0) is 36.4 Å². The minimum Gasteiger partial charge on any atom is -0.192 e. The molecule has 1 aromatic rings. The summed E-state index contributed by atoms with van der Waals surface area (Å²) in [5.74, 6) is 0. The van der Waals surface area contributed by atoms with Crippen LogP contribution in [-0.2, 0) is 0 Å². The van der Waals surface area contributed by atoms with Crippen molar-refractivity contribution < 1.29 is 0 Å². The van der Waals surface area contributed by atoms with Crippen molar-refractivity contribution in [2.24, 2.45) is 0 Å². The zero-order chi connectivity index (χ0) is 9.84. The summed E-state index contributed by atoms with van der Waals surface area (Å²) in [6.45, 7) is 3.79. The maximum Gasteiger partial charge on any atom is 0.133 e. The molecule has 64 valence electrons. The van der Waals surface area contributed by atoms with Crippen molar-refractivity contribution in [2.45, 2.75) is 13.8 Å². The molecule has 0 unspecified atom stereocenters. The molecule has 2 nitrogen and oxygen atoms in total. The summed E-state index contributed by atoms with van der Waals surface area (Å²) >= 11 is 1.62. The number of hydrogen-bond acceptors (Lipinski definition) is 3. The van der Waals surface area contributed by atoms with Crippen molar-refractivity contribution in [3.05, 3.63) is 27.5 Å². The minimum absolute atomic E-state index is 0.192. The molecule has 0 N–H and O–H groups in total. The molecule has 1 rings (SSSR count). The number of nitrogens with zero attached hydrogens (tertiary/aromatic N) is 2. The van der Waals surface area contributed by atoms with E-state index in [9.17, 15) is 0 Å². The average Bonchev–Trinajstić information content (AvgIpc) is 2.54. The Morgan fingerprint density at radius 2 is 2.00 bits per heavy atom. The molecule has 0 fully saturated rings. The highest BCUT2D eigenvalue weighted by molar-refractivity contribution is 7.10. The fraction of sp³-hybridized carbons (Fsp3) is 0.200. The highest BCUT2D eigenvalue weighted by Gasteiger charge is 2.04. The number of rotatable bonds is 1. The first-order valence-corrected chi connectivity index (χ1v) is 4.63. The van der Waals surface area contributed by atoms with Gasteiger partial charge < -0.3 is 0 Å². The van der Waals surface area contributed by atoms with Crippen LogP contribution >= 0.6 is 11.3 Å². The Balaban J connectivity index is 3.19. The van der Waals surface area contributed by atoms with Crippen molar-refractivity contribution in [2.75, 3.05) is 0 Å². The number of allylic oxidation sites excluding steroid dienone is 2. The van der Waals surface area contributed by atoms with Crippen LogP contribution in [0.1, 0.15) is 17.4 Å². The summed E-state index contributed by atoms with van der Waals surface area (Å²) in [6, 6.07) is 5.75. The molecule has 0 saturated heterocycles. The second kappa shape index (κ2) is 3.89. The van der Waals surface area contributed by atoms with Crippen LogP contribution in [0.15, 0.2) is 17.0 Å². The van der Waals surface area contributed by atoms with Gasteiger partial charge in [0.05, 0.1) is 0 Å². The Labute approximate surface area is 81.4 Å². The van der Waals surface area contributed by atoms with E-state index in [1.807, 2.05) is 30.5 Å². The number of hydrogen-bond donors (Lipinski definition) is 0. The summed E-state index contributed by atoms with van der Waals surface area (Å²) in [7, 11) is 0. The summed E-state index contributed by atoms with van der Waals surface area (Å²) in [4.78, 5) is 1.18. The molecule has 0 radical (unpaired) electrons. The molecule has 1 aromatic heterocycles. The van der Waals surface area contributed by atoms with Crippen LogP contribution in [0.5, 0.6) is 0 Å². The molecule has 13 heavy (non-hydrogen) atoms. The molecule has 0 aliphatic heterocycles. The van der Waals surface area contributed by atoms with E-state index in [-0.39, 0.29) is 5.57 Å².